The normalized spacial score (nSPS) is 16.0. The molecule has 0 radical (unpaired) electrons. The summed E-state index contributed by atoms with van der Waals surface area (Å²) in [5.41, 5.74) is 3.57. The lowest BCUT2D eigenvalue weighted by molar-refractivity contribution is -0.134. The highest BCUT2D eigenvalue weighted by Crippen LogP contribution is 2.22. The Morgan fingerprint density at radius 3 is 2.50 bits per heavy atom. The second-order valence-corrected chi connectivity index (χ2v) is 8.29. The molecule has 0 saturated carbocycles. The van der Waals surface area contributed by atoms with Crippen LogP contribution in [0.2, 0.25) is 0 Å². The van der Waals surface area contributed by atoms with Crippen LogP contribution in [0.25, 0.3) is 10.9 Å². The topological polar surface area (TPSA) is 94.3 Å². The van der Waals surface area contributed by atoms with Gasteiger partial charge in [0.05, 0.1) is 5.92 Å². The maximum atomic E-state index is 12.8. The van der Waals surface area contributed by atoms with E-state index in [2.05, 4.69) is 21.7 Å². The van der Waals surface area contributed by atoms with Crippen LogP contribution in [0.5, 0.6) is 0 Å². The first-order valence-electron chi connectivity index (χ1n) is 11.0. The summed E-state index contributed by atoms with van der Waals surface area (Å²) in [6, 6.07) is 15.1. The van der Waals surface area contributed by atoms with Crippen molar-refractivity contribution in [1.29, 1.82) is 0 Å². The largest absolute Gasteiger partial charge is 0.361 e. The lowest BCUT2D eigenvalue weighted by Gasteiger charge is -2.32. The van der Waals surface area contributed by atoms with Gasteiger partial charge >= 0.3 is 0 Å². The Balaban J connectivity index is 1.30. The van der Waals surface area contributed by atoms with Crippen molar-refractivity contribution in [2.45, 2.75) is 32.6 Å². The molecule has 3 N–H and O–H groups in total. The van der Waals surface area contributed by atoms with Gasteiger partial charge in [-0.1, -0.05) is 18.2 Å². The number of aromatic amines is 1. The Bertz CT molecular complexity index is 1120. The molecule has 0 unspecified atom stereocenters. The summed E-state index contributed by atoms with van der Waals surface area (Å²) in [6.45, 7) is 2.59. The number of benzene rings is 2. The molecule has 0 bridgehead atoms. The summed E-state index contributed by atoms with van der Waals surface area (Å²) in [5.74, 6) is -0.354. The number of carbonyl (C=O) groups is 3. The molecular formula is C25H28N4O3. The van der Waals surface area contributed by atoms with E-state index >= 15 is 0 Å². The SMILES string of the molecule is CC(=O)Nc1ccc(NC(=O)[C@H]2CCCN(C(=O)CCc3c[nH]c4ccccc34)C2)cc1. The fourth-order valence-corrected chi connectivity index (χ4v) is 4.24. The molecule has 1 saturated heterocycles. The van der Waals surface area contributed by atoms with E-state index in [1.165, 1.54) is 6.92 Å². The van der Waals surface area contributed by atoms with Gasteiger partial charge in [0.2, 0.25) is 17.7 Å². The Kier molecular flexibility index (Phi) is 6.54. The van der Waals surface area contributed by atoms with E-state index in [1.807, 2.05) is 29.3 Å². The van der Waals surface area contributed by atoms with Crippen molar-refractivity contribution >= 4 is 40.0 Å². The zero-order valence-corrected chi connectivity index (χ0v) is 18.2. The molecule has 2 aromatic carbocycles. The van der Waals surface area contributed by atoms with E-state index in [0.29, 0.717) is 37.3 Å². The predicted octanol–water partition coefficient (Wildman–Crippen LogP) is 3.94. The molecule has 0 spiro atoms. The van der Waals surface area contributed by atoms with Crippen LogP contribution in [0.1, 0.15) is 31.7 Å². The quantitative estimate of drug-likeness (QED) is 0.551. The minimum atomic E-state index is -0.226. The number of carbonyl (C=O) groups excluding carboxylic acids is 3. The summed E-state index contributed by atoms with van der Waals surface area (Å²) in [7, 11) is 0. The van der Waals surface area contributed by atoms with Crippen LogP contribution in [0.15, 0.2) is 54.7 Å². The van der Waals surface area contributed by atoms with E-state index in [-0.39, 0.29) is 23.6 Å². The number of piperidine rings is 1. The number of aromatic nitrogens is 1. The first kappa shape index (κ1) is 21.6. The third-order valence-corrected chi connectivity index (χ3v) is 5.90. The lowest BCUT2D eigenvalue weighted by atomic mass is 9.96. The summed E-state index contributed by atoms with van der Waals surface area (Å²) in [6.07, 6.45) is 4.67. The summed E-state index contributed by atoms with van der Waals surface area (Å²) < 4.78 is 0. The van der Waals surface area contributed by atoms with Gasteiger partial charge in [-0.15, -0.1) is 0 Å². The Morgan fingerprint density at radius 2 is 1.75 bits per heavy atom. The molecule has 4 rings (SSSR count). The summed E-state index contributed by atoms with van der Waals surface area (Å²) in [5, 5.41) is 6.79. The number of hydrogen-bond donors (Lipinski definition) is 3. The minimum absolute atomic E-state index is 0.0774. The number of anilines is 2. The molecule has 1 atom stereocenters. The van der Waals surface area contributed by atoms with Crippen LogP contribution in [-0.2, 0) is 20.8 Å². The third kappa shape index (κ3) is 5.17. The smallest absolute Gasteiger partial charge is 0.229 e. The second-order valence-electron chi connectivity index (χ2n) is 8.29. The molecule has 32 heavy (non-hydrogen) atoms. The molecular weight excluding hydrogens is 404 g/mol. The van der Waals surface area contributed by atoms with E-state index in [4.69, 9.17) is 0 Å². The number of amides is 3. The monoisotopic (exact) mass is 432 g/mol. The van der Waals surface area contributed by atoms with E-state index in [0.717, 1.165) is 29.3 Å². The zero-order chi connectivity index (χ0) is 22.5. The van der Waals surface area contributed by atoms with Gasteiger partial charge in [0.25, 0.3) is 0 Å². The van der Waals surface area contributed by atoms with Crippen LogP contribution in [0.4, 0.5) is 11.4 Å². The Labute approximate surface area is 187 Å². The van der Waals surface area contributed by atoms with Gasteiger partial charge in [-0.05, 0) is 55.2 Å². The highest BCUT2D eigenvalue weighted by atomic mass is 16.2. The molecule has 2 heterocycles. The molecule has 1 aliphatic heterocycles. The van der Waals surface area contributed by atoms with Crippen LogP contribution >= 0.6 is 0 Å². The number of nitrogens with zero attached hydrogens (tertiary/aromatic N) is 1. The van der Waals surface area contributed by atoms with Crippen LogP contribution in [-0.4, -0.2) is 40.7 Å². The number of rotatable bonds is 6. The van der Waals surface area contributed by atoms with Gasteiger partial charge in [0, 0.05) is 54.9 Å². The van der Waals surface area contributed by atoms with Crippen LogP contribution in [0.3, 0.4) is 0 Å². The van der Waals surface area contributed by atoms with Crippen molar-refractivity contribution in [3.63, 3.8) is 0 Å². The zero-order valence-electron chi connectivity index (χ0n) is 18.2. The van der Waals surface area contributed by atoms with E-state index in [9.17, 15) is 14.4 Å². The lowest BCUT2D eigenvalue weighted by Crippen LogP contribution is -2.43. The van der Waals surface area contributed by atoms with Crippen molar-refractivity contribution in [2.24, 2.45) is 5.92 Å². The highest BCUT2D eigenvalue weighted by molar-refractivity contribution is 5.94. The molecule has 1 aromatic heterocycles. The third-order valence-electron chi connectivity index (χ3n) is 5.90. The summed E-state index contributed by atoms with van der Waals surface area (Å²) in [4.78, 5) is 41.8. The van der Waals surface area contributed by atoms with Gasteiger partial charge in [-0.2, -0.15) is 0 Å². The molecule has 0 aliphatic carbocycles. The molecule has 1 aliphatic rings. The van der Waals surface area contributed by atoms with Crippen molar-refractivity contribution in [3.05, 3.63) is 60.3 Å². The van der Waals surface area contributed by atoms with Gasteiger partial charge in [0.1, 0.15) is 0 Å². The second kappa shape index (κ2) is 9.68. The number of likely N-dealkylation sites (tertiary alicyclic amines) is 1. The average Bonchev–Trinajstić information content (AvgIpc) is 3.21. The first-order valence-corrected chi connectivity index (χ1v) is 11.0. The fourth-order valence-electron chi connectivity index (χ4n) is 4.24. The molecule has 166 valence electrons. The molecule has 3 amide bonds. The maximum absolute atomic E-state index is 12.8. The molecule has 3 aromatic rings. The van der Waals surface area contributed by atoms with Gasteiger partial charge in [-0.25, -0.2) is 0 Å². The number of H-pyrrole nitrogens is 1. The predicted molar refractivity (Wildman–Crippen MR) is 125 cm³/mol. The van der Waals surface area contributed by atoms with E-state index < -0.39 is 0 Å². The van der Waals surface area contributed by atoms with Crippen molar-refractivity contribution in [1.82, 2.24) is 9.88 Å². The number of aryl methyl sites for hydroxylation is 1. The van der Waals surface area contributed by atoms with Crippen LogP contribution in [0, 0.1) is 5.92 Å². The Morgan fingerprint density at radius 1 is 1.03 bits per heavy atom. The number of para-hydroxylation sites is 1. The van der Waals surface area contributed by atoms with E-state index in [1.54, 1.807) is 24.3 Å². The number of nitrogens with one attached hydrogen (secondary N) is 3. The average molecular weight is 433 g/mol. The molecule has 7 heteroatoms. The maximum Gasteiger partial charge on any atom is 0.229 e. The number of fused-ring (bicyclic) bond motifs is 1. The van der Waals surface area contributed by atoms with Crippen molar-refractivity contribution in [2.75, 3.05) is 23.7 Å². The highest BCUT2D eigenvalue weighted by Gasteiger charge is 2.28. The van der Waals surface area contributed by atoms with Crippen LogP contribution < -0.4 is 10.6 Å². The minimum Gasteiger partial charge on any atom is -0.361 e. The first-order chi connectivity index (χ1) is 15.5. The summed E-state index contributed by atoms with van der Waals surface area (Å²) >= 11 is 0. The van der Waals surface area contributed by atoms with Gasteiger partial charge in [0.15, 0.2) is 0 Å². The molecule has 7 nitrogen and oxygen atoms in total. The Hall–Kier alpha value is -3.61. The molecule has 1 fully saturated rings. The van der Waals surface area contributed by atoms with Gasteiger partial charge in [-0.3, -0.25) is 14.4 Å². The van der Waals surface area contributed by atoms with Gasteiger partial charge < -0.3 is 20.5 Å². The standard InChI is InChI=1S/C25H28N4O3/c1-17(30)27-20-9-11-21(12-10-20)28-25(32)19-5-4-14-29(16-19)24(31)13-8-18-15-26-23-7-3-2-6-22(18)23/h2-3,6-7,9-12,15,19,26H,4-5,8,13-14,16H2,1H3,(H,27,30)(H,28,32)/t19-/m0/s1. The number of hydrogen-bond acceptors (Lipinski definition) is 3. The fraction of sp³-hybridized carbons (Fsp3) is 0.320. The van der Waals surface area contributed by atoms with Crippen molar-refractivity contribution < 1.29 is 14.4 Å². The van der Waals surface area contributed by atoms with Crippen molar-refractivity contribution in [3.8, 4) is 0 Å².